The third-order valence-corrected chi connectivity index (χ3v) is 5.97. The monoisotopic (exact) mass is 454 g/mol. The summed E-state index contributed by atoms with van der Waals surface area (Å²) in [5.74, 6) is -0.146. The van der Waals surface area contributed by atoms with Gasteiger partial charge in [-0.15, -0.1) is 0 Å². The lowest BCUT2D eigenvalue weighted by Gasteiger charge is -2.37. The number of ether oxygens (including phenoxy) is 2. The Morgan fingerprint density at radius 3 is 2.36 bits per heavy atom. The zero-order valence-corrected chi connectivity index (χ0v) is 19.4. The minimum atomic E-state index is -1.09. The third kappa shape index (κ3) is 5.13. The van der Waals surface area contributed by atoms with Crippen LogP contribution in [0.1, 0.15) is 68.4 Å². The van der Waals surface area contributed by atoms with Crippen molar-refractivity contribution in [3.63, 3.8) is 0 Å². The molecule has 1 atom stereocenters. The van der Waals surface area contributed by atoms with Crippen LogP contribution in [0.25, 0.3) is 0 Å². The first kappa shape index (κ1) is 23.1. The molecule has 0 saturated heterocycles. The van der Waals surface area contributed by atoms with E-state index in [1.165, 1.54) is 6.07 Å². The molecule has 0 spiro atoms. The van der Waals surface area contributed by atoms with Crippen molar-refractivity contribution in [1.29, 1.82) is 0 Å². The Balaban J connectivity index is 1.79. The van der Waals surface area contributed by atoms with Gasteiger partial charge in [-0.1, -0.05) is 31.0 Å². The summed E-state index contributed by atoms with van der Waals surface area (Å²) in [5, 5.41) is 2.96. The first-order chi connectivity index (χ1) is 15.7. The van der Waals surface area contributed by atoms with Gasteiger partial charge in [0.15, 0.2) is 11.5 Å². The predicted molar refractivity (Wildman–Crippen MR) is 123 cm³/mol. The van der Waals surface area contributed by atoms with Gasteiger partial charge in [0.05, 0.1) is 0 Å². The summed E-state index contributed by atoms with van der Waals surface area (Å²) in [5.41, 5.74) is 0.0372. The van der Waals surface area contributed by atoms with Crippen LogP contribution in [0.2, 0.25) is 0 Å². The standard InChI is InChI=1S/C26H31FN2O4/c1-26(2,3)28-24(30)23(19-10-6-7-11-20(19)27)29(18-8-4-5-9-18)25(31)17-12-13-21-22(16-17)33-15-14-32-21/h6-7,10-13,16,18,23H,4-5,8-9,14-15H2,1-3H3,(H,28,30)/t23-/m1/s1. The van der Waals surface area contributed by atoms with E-state index in [-0.39, 0.29) is 17.5 Å². The Morgan fingerprint density at radius 2 is 1.70 bits per heavy atom. The second kappa shape index (κ2) is 9.41. The van der Waals surface area contributed by atoms with Crippen LogP contribution in [0.5, 0.6) is 11.5 Å². The Bertz CT molecular complexity index is 1030. The Morgan fingerprint density at radius 1 is 1.03 bits per heavy atom. The minimum Gasteiger partial charge on any atom is -0.486 e. The maximum atomic E-state index is 15.0. The molecule has 7 heteroatoms. The zero-order valence-electron chi connectivity index (χ0n) is 19.4. The summed E-state index contributed by atoms with van der Waals surface area (Å²) in [6.07, 6.45) is 3.45. The van der Waals surface area contributed by atoms with E-state index in [0.29, 0.717) is 30.3 Å². The highest BCUT2D eigenvalue weighted by Crippen LogP contribution is 2.36. The molecule has 2 amide bonds. The highest BCUT2D eigenvalue weighted by molar-refractivity contribution is 5.99. The molecule has 0 radical (unpaired) electrons. The molecule has 176 valence electrons. The number of benzene rings is 2. The molecule has 0 unspecified atom stereocenters. The summed E-state index contributed by atoms with van der Waals surface area (Å²) in [4.78, 5) is 29.1. The van der Waals surface area contributed by atoms with E-state index in [4.69, 9.17) is 9.47 Å². The van der Waals surface area contributed by atoms with Gasteiger partial charge < -0.3 is 19.7 Å². The van der Waals surface area contributed by atoms with E-state index in [0.717, 1.165) is 25.7 Å². The van der Waals surface area contributed by atoms with Crippen LogP contribution >= 0.6 is 0 Å². The Kier molecular flexibility index (Phi) is 6.58. The number of hydrogen-bond donors (Lipinski definition) is 1. The molecule has 4 rings (SSSR count). The molecule has 0 aromatic heterocycles. The summed E-state index contributed by atoms with van der Waals surface area (Å²) >= 11 is 0. The first-order valence-corrected chi connectivity index (χ1v) is 11.5. The minimum absolute atomic E-state index is 0.166. The topological polar surface area (TPSA) is 67.9 Å². The number of carbonyl (C=O) groups excluding carboxylic acids is 2. The number of rotatable bonds is 5. The fourth-order valence-corrected chi connectivity index (χ4v) is 4.55. The molecule has 1 fully saturated rings. The molecule has 1 aliphatic heterocycles. The number of amides is 2. The number of nitrogens with zero attached hydrogens (tertiary/aromatic N) is 1. The summed E-state index contributed by atoms with van der Waals surface area (Å²) < 4.78 is 26.3. The first-order valence-electron chi connectivity index (χ1n) is 11.5. The zero-order chi connectivity index (χ0) is 23.6. The van der Waals surface area contributed by atoms with Gasteiger partial charge in [0.25, 0.3) is 5.91 Å². The maximum absolute atomic E-state index is 15.0. The van der Waals surface area contributed by atoms with Crippen LogP contribution in [0, 0.1) is 5.82 Å². The van der Waals surface area contributed by atoms with Crippen molar-refractivity contribution in [2.24, 2.45) is 0 Å². The van der Waals surface area contributed by atoms with E-state index >= 15 is 4.39 Å². The normalized spacial score (nSPS) is 16.8. The van der Waals surface area contributed by atoms with Gasteiger partial charge in [0.2, 0.25) is 5.91 Å². The smallest absolute Gasteiger partial charge is 0.255 e. The molecule has 2 aromatic rings. The molecule has 1 saturated carbocycles. The largest absolute Gasteiger partial charge is 0.486 e. The van der Waals surface area contributed by atoms with Crippen molar-refractivity contribution in [2.75, 3.05) is 13.2 Å². The lowest BCUT2D eigenvalue weighted by molar-refractivity contribution is -0.128. The lowest BCUT2D eigenvalue weighted by atomic mass is 9.97. The molecular weight excluding hydrogens is 423 g/mol. The van der Waals surface area contributed by atoms with Gasteiger partial charge in [0, 0.05) is 22.7 Å². The third-order valence-electron chi connectivity index (χ3n) is 5.97. The fourth-order valence-electron chi connectivity index (χ4n) is 4.55. The number of hydrogen-bond acceptors (Lipinski definition) is 4. The fraction of sp³-hybridized carbons (Fsp3) is 0.462. The second-order valence-electron chi connectivity index (χ2n) is 9.67. The van der Waals surface area contributed by atoms with E-state index in [2.05, 4.69) is 5.32 Å². The van der Waals surface area contributed by atoms with E-state index < -0.39 is 23.3 Å². The molecule has 0 bridgehead atoms. The molecular formula is C26H31FN2O4. The van der Waals surface area contributed by atoms with E-state index in [9.17, 15) is 9.59 Å². The predicted octanol–water partition coefficient (Wildman–Crippen LogP) is 4.64. The summed E-state index contributed by atoms with van der Waals surface area (Å²) in [6.45, 7) is 6.46. The number of nitrogens with one attached hydrogen (secondary N) is 1. The molecule has 2 aliphatic rings. The summed E-state index contributed by atoms with van der Waals surface area (Å²) in [7, 11) is 0. The average Bonchev–Trinajstić information content (AvgIpc) is 3.30. The van der Waals surface area contributed by atoms with Gasteiger partial charge >= 0.3 is 0 Å². The van der Waals surface area contributed by atoms with Gasteiger partial charge in [-0.3, -0.25) is 9.59 Å². The number of halogens is 1. The molecule has 1 N–H and O–H groups in total. The van der Waals surface area contributed by atoms with Crippen LogP contribution in [0.4, 0.5) is 4.39 Å². The second-order valence-corrected chi connectivity index (χ2v) is 9.67. The average molecular weight is 455 g/mol. The highest BCUT2D eigenvalue weighted by atomic mass is 19.1. The highest BCUT2D eigenvalue weighted by Gasteiger charge is 2.40. The van der Waals surface area contributed by atoms with Crippen LogP contribution in [0.15, 0.2) is 42.5 Å². The molecule has 2 aromatic carbocycles. The molecule has 33 heavy (non-hydrogen) atoms. The Hall–Kier alpha value is -3.09. The van der Waals surface area contributed by atoms with E-state index in [1.54, 1.807) is 41.3 Å². The van der Waals surface area contributed by atoms with Crippen molar-refractivity contribution >= 4 is 11.8 Å². The molecule has 6 nitrogen and oxygen atoms in total. The SMILES string of the molecule is CC(C)(C)NC(=O)[C@@H](c1ccccc1F)N(C(=O)c1ccc2c(c1)OCCO2)C1CCCC1. The van der Waals surface area contributed by atoms with Gasteiger partial charge in [-0.25, -0.2) is 4.39 Å². The van der Waals surface area contributed by atoms with Crippen molar-refractivity contribution in [3.05, 3.63) is 59.4 Å². The van der Waals surface area contributed by atoms with Crippen molar-refractivity contribution in [1.82, 2.24) is 10.2 Å². The van der Waals surface area contributed by atoms with Crippen molar-refractivity contribution < 1.29 is 23.5 Å². The van der Waals surface area contributed by atoms with Gasteiger partial charge in [0.1, 0.15) is 25.1 Å². The maximum Gasteiger partial charge on any atom is 0.255 e. The van der Waals surface area contributed by atoms with Crippen LogP contribution in [0.3, 0.4) is 0 Å². The van der Waals surface area contributed by atoms with Gasteiger partial charge in [-0.2, -0.15) is 0 Å². The van der Waals surface area contributed by atoms with Crippen molar-refractivity contribution in [3.8, 4) is 11.5 Å². The van der Waals surface area contributed by atoms with Crippen molar-refractivity contribution in [2.45, 2.75) is 64.1 Å². The number of fused-ring (bicyclic) bond motifs is 1. The van der Waals surface area contributed by atoms with Crippen LogP contribution in [-0.4, -0.2) is 41.5 Å². The quantitative estimate of drug-likeness (QED) is 0.715. The number of carbonyl (C=O) groups is 2. The van der Waals surface area contributed by atoms with Crippen LogP contribution < -0.4 is 14.8 Å². The van der Waals surface area contributed by atoms with Gasteiger partial charge in [-0.05, 0) is 57.9 Å². The van der Waals surface area contributed by atoms with Crippen LogP contribution in [-0.2, 0) is 4.79 Å². The molecule has 1 heterocycles. The Labute approximate surface area is 194 Å². The van der Waals surface area contributed by atoms with E-state index in [1.807, 2.05) is 20.8 Å². The molecule has 1 aliphatic carbocycles. The summed E-state index contributed by atoms with van der Waals surface area (Å²) in [6, 6.07) is 9.97. The lowest BCUT2D eigenvalue weighted by Crippen LogP contribution is -2.52.